The Labute approximate surface area is 354 Å². The third-order valence-corrected chi connectivity index (χ3v) is 12.5. The summed E-state index contributed by atoms with van der Waals surface area (Å²) in [6.45, 7) is 10.9. The zero-order chi connectivity index (χ0) is 42.7. The van der Waals surface area contributed by atoms with E-state index in [0.29, 0.717) is 30.4 Å². The number of aromatic nitrogens is 5. The van der Waals surface area contributed by atoms with Gasteiger partial charge in [0.1, 0.15) is 29.2 Å². The maximum absolute atomic E-state index is 13.8. The summed E-state index contributed by atoms with van der Waals surface area (Å²) in [4.78, 5) is 59.3. The summed E-state index contributed by atoms with van der Waals surface area (Å²) in [7, 11) is 1.29. The van der Waals surface area contributed by atoms with Gasteiger partial charge < -0.3 is 44.7 Å². The molecule has 0 bridgehead atoms. The highest BCUT2D eigenvalue weighted by Gasteiger charge is 2.39. The van der Waals surface area contributed by atoms with E-state index < -0.39 is 24.4 Å². The third kappa shape index (κ3) is 7.23. The number of benzene rings is 2. The maximum Gasteiger partial charge on any atom is 0.407 e. The van der Waals surface area contributed by atoms with Gasteiger partial charge in [0, 0.05) is 35.2 Å². The van der Waals surface area contributed by atoms with Crippen molar-refractivity contribution in [2.24, 2.45) is 17.6 Å². The van der Waals surface area contributed by atoms with Crippen LogP contribution in [0.15, 0.2) is 71.4 Å². The lowest BCUT2D eigenvalue weighted by Gasteiger charge is -2.30. The van der Waals surface area contributed by atoms with Gasteiger partial charge >= 0.3 is 6.09 Å². The molecule has 9 rings (SSSR count). The highest BCUT2D eigenvalue weighted by molar-refractivity contribution is 5.92. The largest absolute Gasteiger partial charge is 0.462 e. The van der Waals surface area contributed by atoms with Gasteiger partial charge in [-0.05, 0) is 86.9 Å². The molecule has 318 valence electrons. The average Bonchev–Trinajstić information content (AvgIpc) is 4.11. The minimum Gasteiger partial charge on any atom is -0.462 e. The fourth-order valence-corrected chi connectivity index (χ4v) is 9.10. The molecular weight excluding hydrogens is 775 g/mol. The number of nitrogens with two attached hydrogens (primary N) is 1. The van der Waals surface area contributed by atoms with Crippen LogP contribution in [0.25, 0.3) is 44.7 Å². The average molecular weight is 828 g/mol. The number of alkyl carbamates (subject to hydrolysis) is 1. The quantitative estimate of drug-likeness (QED) is 0.108. The molecule has 0 saturated carbocycles. The summed E-state index contributed by atoms with van der Waals surface area (Å²) in [5.41, 5.74) is 12.7. The fraction of sp³-hybridized carbons (Fsp3) is 0.413. The van der Waals surface area contributed by atoms with Gasteiger partial charge in [-0.2, -0.15) is 0 Å². The van der Waals surface area contributed by atoms with E-state index in [1.165, 1.54) is 7.11 Å². The van der Waals surface area contributed by atoms with Crippen molar-refractivity contribution in [1.82, 2.24) is 39.6 Å². The van der Waals surface area contributed by atoms with Crippen molar-refractivity contribution in [3.8, 4) is 39.5 Å². The number of rotatable bonds is 10. The first kappa shape index (κ1) is 40.1. The molecule has 5 atom stereocenters. The zero-order valence-electron chi connectivity index (χ0n) is 35.4. The third-order valence-electron chi connectivity index (χ3n) is 12.5. The van der Waals surface area contributed by atoms with Gasteiger partial charge in [-0.25, -0.2) is 14.8 Å². The Kier molecular flexibility index (Phi) is 10.5. The van der Waals surface area contributed by atoms with E-state index in [1.807, 2.05) is 70.0 Å². The summed E-state index contributed by atoms with van der Waals surface area (Å²) in [5, 5.41) is 3.74. The number of aryl methyl sites for hydroxylation is 1. The molecule has 2 aromatic carbocycles. The molecular formula is C46H53N9O6. The summed E-state index contributed by atoms with van der Waals surface area (Å²) < 4.78 is 20.0. The number of ether oxygens (including phenoxy) is 2. The first-order chi connectivity index (χ1) is 29.4. The van der Waals surface area contributed by atoms with Gasteiger partial charge in [0.05, 0.1) is 60.2 Å². The van der Waals surface area contributed by atoms with Crippen molar-refractivity contribution in [2.45, 2.75) is 90.7 Å². The molecule has 7 heterocycles. The number of nitrogens with zero attached hydrogens (tertiary/aromatic N) is 5. The summed E-state index contributed by atoms with van der Waals surface area (Å²) in [6.07, 6.45) is 5.75. The van der Waals surface area contributed by atoms with E-state index in [-0.39, 0.29) is 35.7 Å². The highest BCUT2D eigenvalue weighted by Crippen LogP contribution is 2.46. The van der Waals surface area contributed by atoms with Crippen LogP contribution in [0.3, 0.4) is 0 Å². The van der Waals surface area contributed by atoms with Crippen molar-refractivity contribution in [3.63, 3.8) is 0 Å². The highest BCUT2D eigenvalue weighted by atomic mass is 16.5. The Morgan fingerprint density at radius 3 is 2.08 bits per heavy atom. The molecule has 3 aliphatic rings. The van der Waals surface area contributed by atoms with Crippen molar-refractivity contribution < 1.29 is 28.3 Å². The minimum absolute atomic E-state index is 0.0297. The maximum atomic E-state index is 13.8. The SMILES string of the molecule is COC(=O)N[C@H](C(=O)N1CCC[C@H]1c1ncc(-c2ccc3c(c2)OC(c2ccc(C)o2)n2c-3cc3cc(-c4cnc([C@@H]5CCCN5C(=O)[C@@H](N)C(C)C)[nH]4)ccc32)[nH]1)C(C)C. The smallest absolute Gasteiger partial charge is 0.407 e. The second-order valence-electron chi connectivity index (χ2n) is 17.2. The van der Waals surface area contributed by atoms with Crippen LogP contribution in [0.1, 0.15) is 94.9 Å². The number of methoxy groups -OCH3 is 1. The van der Waals surface area contributed by atoms with E-state index in [4.69, 9.17) is 29.6 Å². The van der Waals surface area contributed by atoms with Gasteiger partial charge in [0.25, 0.3) is 0 Å². The molecule has 1 unspecified atom stereocenters. The van der Waals surface area contributed by atoms with Gasteiger partial charge in [0.15, 0.2) is 5.76 Å². The van der Waals surface area contributed by atoms with Crippen molar-refractivity contribution in [3.05, 3.63) is 90.2 Å². The topological polar surface area (TPSA) is 190 Å². The molecule has 0 radical (unpaired) electrons. The predicted molar refractivity (Wildman–Crippen MR) is 229 cm³/mol. The zero-order valence-corrected chi connectivity index (χ0v) is 35.4. The monoisotopic (exact) mass is 827 g/mol. The van der Waals surface area contributed by atoms with E-state index in [9.17, 15) is 14.4 Å². The van der Waals surface area contributed by atoms with Crippen LogP contribution in [0.5, 0.6) is 5.75 Å². The number of hydrogen-bond acceptors (Lipinski definition) is 9. The molecule has 3 aliphatic heterocycles. The fourth-order valence-electron chi connectivity index (χ4n) is 9.10. The molecule has 0 spiro atoms. The molecule has 5 N–H and O–H groups in total. The second-order valence-corrected chi connectivity index (χ2v) is 17.2. The summed E-state index contributed by atoms with van der Waals surface area (Å²) in [5.74, 6) is 3.36. The lowest BCUT2D eigenvalue weighted by Crippen LogP contribution is -2.51. The number of amides is 3. The first-order valence-corrected chi connectivity index (χ1v) is 21.2. The molecule has 0 aliphatic carbocycles. The number of carbonyl (C=O) groups excluding carboxylic acids is 3. The van der Waals surface area contributed by atoms with Gasteiger partial charge in [-0.1, -0.05) is 39.8 Å². The number of fused-ring (bicyclic) bond motifs is 5. The van der Waals surface area contributed by atoms with Crippen molar-refractivity contribution in [1.29, 1.82) is 0 Å². The van der Waals surface area contributed by atoms with Crippen LogP contribution in [0, 0.1) is 18.8 Å². The lowest BCUT2D eigenvalue weighted by atomic mass is 10.0. The lowest BCUT2D eigenvalue weighted by molar-refractivity contribution is -0.136. The van der Waals surface area contributed by atoms with Crippen LogP contribution in [-0.2, 0) is 14.3 Å². The van der Waals surface area contributed by atoms with Crippen molar-refractivity contribution in [2.75, 3.05) is 20.2 Å². The van der Waals surface area contributed by atoms with Gasteiger partial charge in [-0.3, -0.25) is 14.2 Å². The molecule has 6 aromatic rings. The number of carbonyl (C=O) groups is 3. The predicted octanol–water partition coefficient (Wildman–Crippen LogP) is 7.62. The van der Waals surface area contributed by atoms with Crippen LogP contribution >= 0.6 is 0 Å². The Morgan fingerprint density at radius 1 is 0.836 bits per heavy atom. The van der Waals surface area contributed by atoms with E-state index in [1.54, 1.807) is 11.1 Å². The van der Waals surface area contributed by atoms with Gasteiger partial charge in [0.2, 0.25) is 18.0 Å². The summed E-state index contributed by atoms with van der Waals surface area (Å²) in [6, 6.07) is 16.9. The minimum atomic E-state index is -0.715. The first-order valence-electron chi connectivity index (χ1n) is 21.2. The number of nitrogens with one attached hydrogen (secondary N) is 3. The molecule has 61 heavy (non-hydrogen) atoms. The van der Waals surface area contributed by atoms with Crippen LogP contribution < -0.4 is 15.8 Å². The Hall–Kier alpha value is -6.35. The number of H-pyrrole nitrogens is 2. The van der Waals surface area contributed by atoms with Crippen LogP contribution in [0.2, 0.25) is 0 Å². The van der Waals surface area contributed by atoms with Crippen LogP contribution in [-0.4, -0.2) is 84.5 Å². The number of likely N-dealkylation sites (tertiary alicyclic amines) is 2. The number of imidazole rings is 2. The summed E-state index contributed by atoms with van der Waals surface area (Å²) >= 11 is 0. The number of furan rings is 1. The van der Waals surface area contributed by atoms with Gasteiger partial charge in [-0.15, -0.1) is 0 Å². The van der Waals surface area contributed by atoms with E-state index in [0.717, 1.165) is 81.9 Å². The number of aromatic amines is 2. The molecule has 3 amide bonds. The molecule has 2 fully saturated rings. The Morgan fingerprint density at radius 2 is 1.48 bits per heavy atom. The van der Waals surface area contributed by atoms with Crippen LogP contribution in [0.4, 0.5) is 4.79 Å². The number of hydrogen-bond donors (Lipinski definition) is 4. The Balaban J connectivity index is 1.02. The van der Waals surface area contributed by atoms with Crippen molar-refractivity contribution >= 4 is 28.8 Å². The van der Waals surface area contributed by atoms with E-state index >= 15 is 0 Å². The van der Waals surface area contributed by atoms with E-state index in [2.05, 4.69) is 50.2 Å². The Bertz CT molecular complexity index is 2620. The standard InChI is InChI=1S/C46H53N9O6/c1-24(2)39(47)43(56)53-17-7-9-34(53)41-48-22-31(50-41)27-13-15-33-29(19-27)20-36-30-14-12-28(21-38(30)61-45(55(33)36)37-16-11-26(5)60-37)32-23-49-42(51-32)35-10-8-18-54(35)44(57)40(25(3)4)52-46(58)59-6/h11-16,19-25,34-35,39-40,45H,7-10,17-18,47H2,1-6H3,(H,48,50)(H,49,51)(H,52,58)/t34-,35-,39-,40-,45?/m0/s1. The molecule has 15 heteroatoms. The second kappa shape index (κ2) is 15.9. The normalized spacial score (nSPS) is 19.6. The molecule has 15 nitrogen and oxygen atoms in total. The molecule has 2 saturated heterocycles. The molecule has 4 aromatic heterocycles.